The Kier molecular flexibility index (Phi) is 6.54. The number of hydrogen-bond donors (Lipinski definition) is 1. The van der Waals surface area contributed by atoms with Crippen molar-refractivity contribution in [2.45, 2.75) is 33.4 Å². The predicted octanol–water partition coefficient (Wildman–Crippen LogP) is 4.05. The zero-order valence-corrected chi connectivity index (χ0v) is 17.6. The van der Waals surface area contributed by atoms with Crippen molar-refractivity contribution in [2.24, 2.45) is 0 Å². The lowest BCUT2D eigenvalue weighted by Gasteiger charge is -2.21. The lowest BCUT2D eigenvalue weighted by Crippen LogP contribution is -2.35. The number of likely N-dealkylation sites (N-methyl/N-ethyl adjacent to an activating group) is 1. The number of nitrogens with one attached hydrogen (secondary N) is 1. The first-order chi connectivity index (χ1) is 13.9. The highest BCUT2D eigenvalue weighted by Gasteiger charge is 2.21. The molecule has 1 aromatic heterocycles. The van der Waals surface area contributed by atoms with E-state index >= 15 is 0 Å². The zero-order chi connectivity index (χ0) is 21.0. The molecule has 29 heavy (non-hydrogen) atoms. The van der Waals surface area contributed by atoms with Crippen molar-refractivity contribution in [2.75, 3.05) is 13.1 Å². The summed E-state index contributed by atoms with van der Waals surface area (Å²) in [5.41, 5.74) is 2.18. The fourth-order valence-electron chi connectivity index (χ4n) is 3.35. The van der Waals surface area contributed by atoms with Gasteiger partial charge in [-0.3, -0.25) is 9.59 Å². The van der Waals surface area contributed by atoms with Gasteiger partial charge in [0.25, 0.3) is 5.91 Å². The molecule has 7 heteroatoms. The number of halogens is 1. The summed E-state index contributed by atoms with van der Waals surface area (Å²) in [6.07, 6.45) is 0. The van der Waals surface area contributed by atoms with Gasteiger partial charge in [0.05, 0.1) is 17.1 Å². The Balaban J connectivity index is 1.90. The smallest absolute Gasteiger partial charge is 0.251 e. The first kappa shape index (κ1) is 20.9. The Labute approximate surface area is 175 Å². The third kappa shape index (κ3) is 4.59. The van der Waals surface area contributed by atoms with Gasteiger partial charge < -0.3 is 14.8 Å². The fourth-order valence-corrected chi connectivity index (χ4v) is 3.47. The van der Waals surface area contributed by atoms with Crippen LogP contribution >= 0.6 is 11.6 Å². The van der Waals surface area contributed by atoms with Crippen LogP contribution in [0.15, 0.2) is 48.5 Å². The number of benzene rings is 2. The van der Waals surface area contributed by atoms with Crippen molar-refractivity contribution >= 4 is 34.4 Å². The summed E-state index contributed by atoms with van der Waals surface area (Å²) >= 11 is 5.90. The molecule has 0 bridgehead atoms. The van der Waals surface area contributed by atoms with Crippen LogP contribution in [-0.4, -0.2) is 39.4 Å². The van der Waals surface area contributed by atoms with Crippen molar-refractivity contribution in [3.05, 3.63) is 64.9 Å². The molecule has 0 fully saturated rings. The number of rotatable bonds is 7. The Morgan fingerprint density at radius 3 is 2.41 bits per heavy atom. The molecule has 6 nitrogen and oxygen atoms in total. The second kappa shape index (κ2) is 9.09. The normalized spacial score (nSPS) is 12.0. The number of carbonyl (C=O) groups is 2. The summed E-state index contributed by atoms with van der Waals surface area (Å²) in [5.74, 6) is 0.451. The van der Waals surface area contributed by atoms with Crippen LogP contribution in [-0.2, 0) is 11.3 Å². The highest BCUT2D eigenvalue weighted by Crippen LogP contribution is 2.22. The second-order valence-electron chi connectivity index (χ2n) is 6.81. The largest absolute Gasteiger partial charge is 0.342 e. The number of para-hydroxylation sites is 2. The first-order valence-corrected chi connectivity index (χ1v) is 10.1. The van der Waals surface area contributed by atoms with Gasteiger partial charge in [-0.05, 0) is 57.2 Å². The van der Waals surface area contributed by atoms with E-state index in [4.69, 9.17) is 16.6 Å². The molecule has 152 valence electrons. The molecule has 0 aliphatic heterocycles. The predicted molar refractivity (Wildman–Crippen MR) is 115 cm³/mol. The average Bonchev–Trinajstić information content (AvgIpc) is 3.08. The lowest BCUT2D eigenvalue weighted by molar-refractivity contribution is -0.131. The second-order valence-corrected chi connectivity index (χ2v) is 7.25. The molecule has 1 N–H and O–H groups in total. The summed E-state index contributed by atoms with van der Waals surface area (Å²) in [6.45, 7) is 7.28. The van der Waals surface area contributed by atoms with Crippen LogP contribution in [0.5, 0.6) is 0 Å². The summed E-state index contributed by atoms with van der Waals surface area (Å²) < 4.78 is 1.89. The summed E-state index contributed by atoms with van der Waals surface area (Å²) in [5, 5.41) is 3.55. The van der Waals surface area contributed by atoms with Crippen LogP contribution in [0.2, 0.25) is 5.02 Å². The number of carbonyl (C=O) groups excluding carboxylic acids is 2. The van der Waals surface area contributed by atoms with Gasteiger partial charge in [0.1, 0.15) is 12.4 Å². The maximum Gasteiger partial charge on any atom is 0.251 e. The highest BCUT2D eigenvalue weighted by atomic mass is 35.5. The average molecular weight is 413 g/mol. The van der Waals surface area contributed by atoms with Crippen molar-refractivity contribution in [1.82, 2.24) is 19.8 Å². The molecule has 2 aromatic carbocycles. The van der Waals surface area contributed by atoms with E-state index in [1.54, 1.807) is 29.2 Å². The van der Waals surface area contributed by atoms with Gasteiger partial charge in [-0.2, -0.15) is 0 Å². The third-order valence-electron chi connectivity index (χ3n) is 4.93. The third-order valence-corrected chi connectivity index (χ3v) is 5.19. The van der Waals surface area contributed by atoms with Crippen molar-refractivity contribution in [1.29, 1.82) is 0 Å². The van der Waals surface area contributed by atoms with E-state index in [-0.39, 0.29) is 24.4 Å². The minimum atomic E-state index is -0.380. The van der Waals surface area contributed by atoms with Crippen LogP contribution in [0.4, 0.5) is 0 Å². The van der Waals surface area contributed by atoms with Crippen LogP contribution in [0.3, 0.4) is 0 Å². The van der Waals surface area contributed by atoms with Gasteiger partial charge in [0.15, 0.2) is 0 Å². The monoisotopic (exact) mass is 412 g/mol. The number of imidazole rings is 1. The Bertz CT molecular complexity index is 1010. The number of amides is 2. The Morgan fingerprint density at radius 2 is 1.76 bits per heavy atom. The quantitative estimate of drug-likeness (QED) is 0.636. The number of aromatic nitrogens is 2. The molecule has 0 spiro atoms. The van der Waals surface area contributed by atoms with E-state index in [0.29, 0.717) is 29.5 Å². The van der Waals surface area contributed by atoms with E-state index in [1.165, 1.54) is 0 Å². The number of hydrogen-bond acceptors (Lipinski definition) is 3. The van der Waals surface area contributed by atoms with E-state index in [0.717, 1.165) is 11.0 Å². The topological polar surface area (TPSA) is 67.2 Å². The van der Waals surface area contributed by atoms with Crippen LogP contribution in [0.25, 0.3) is 11.0 Å². The molecular weight excluding hydrogens is 388 g/mol. The van der Waals surface area contributed by atoms with E-state index < -0.39 is 0 Å². The molecule has 0 radical (unpaired) electrons. The molecule has 2 amide bonds. The first-order valence-electron chi connectivity index (χ1n) is 9.74. The molecule has 0 aliphatic carbocycles. The molecule has 1 unspecified atom stereocenters. The molecule has 1 atom stereocenters. The fraction of sp³-hybridized carbons (Fsp3) is 0.318. The lowest BCUT2D eigenvalue weighted by atomic mass is 10.2. The SMILES string of the molecule is CCN(CC)C(=O)Cn1c(C(C)NC(=O)c2ccc(Cl)cc2)nc2ccccc21. The van der Waals surface area contributed by atoms with Crippen LogP contribution in [0.1, 0.15) is 43.0 Å². The minimum absolute atomic E-state index is 0.0237. The van der Waals surface area contributed by atoms with Gasteiger partial charge in [0, 0.05) is 23.7 Å². The van der Waals surface area contributed by atoms with Crippen LogP contribution < -0.4 is 5.32 Å². The van der Waals surface area contributed by atoms with Gasteiger partial charge in [-0.25, -0.2) is 4.98 Å². The molecule has 0 saturated carbocycles. The van der Waals surface area contributed by atoms with Crippen LogP contribution in [0, 0.1) is 0 Å². The Morgan fingerprint density at radius 1 is 1.10 bits per heavy atom. The maximum atomic E-state index is 12.7. The molecular formula is C22H25ClN4O2. The minimum Gasteiger partial charge on any atom is -0.342 e. The molecule has 3 rings (SSSR count). The van der Waals surface area contributed by atoms with E-state index in [2.05, 4.69) is 5.32 Å². The summed E-state index contributed by atoms with van der Waals surface area (Å²) in [7, 11) is 0. The Hall–Kier alpha value is -2.86. The van der Waals surface area contributed by atoms with Gasteiger partial charge in [-0.15, -0.1) is 0 Å². The molecule has 0 saturated heterocycles. The maximum absolute atomic E-state index is 12.7. The van der Waals surface area contributed by atoms with Gasteiger partial charge in [-0.1, -0.05) is 23.7 Å². The standard InChI is InChI=1S/C22H25ClN4O2/c1-4-26(5-2)20(28)14-27-19-9-7-6-8-18(19)25-21(27)15(3)24-22(29)16-10-12-17(23)13-11-16/h6-13,15H,4-5,14H2,1-3H3,(H,24,29). The molecule has 0 aliphatic rings. The molecule has 3 aromatic rings. The van der Waals surface area contributed by atoms with Crippen molar-refractivity contribution in [3.8, 4) is 0 Å². The molecule has 1 heterocycles. The van der Waals surface area contributed by atoms with Gasteiger partial charge in [0.2, 0.25) is 5.91 Å². The zero-order valence-electron chi connectivity index (χ0n) is 16.9. The van der Waals surface area contributed by atoms with Gasteiger partial charge >= 0.3 is 0 Å². The number of fused-ring (bicyclic) bond motifs is 1. The summed E-state index contributed by atoms with van der Waals surface area (Å²) in [6, 6.07) is 14.0. The van der Waals surface area contributed by atoms with E-state index in [1.807, 2.05) is 49.6 Å². The summed E-state index contributed by atoms with van der Waals surface area (Å²) in [4.78, 5) is 31.8. The van der Waals surface area contributed by atoms with Crippen molar-refractivity contribution < 1.29 is 9.59 Å². The highest BCUT2D eigenvalue weighted by molar-refractivity contribution is 6.30. The van der Waals surface area contributed by atoms with E-state index in [9.17, 15) is 9.59 Å². The number of nitrogens with zero attached hydrogens (tertiary/aromatic N) is 3. The van der Waals surface area contributed by atoms with Crippen molar-refractivity contribution in [3.63, 3.8) is 0 Å².